The van der Waals surface area contributed by atoms with Crippen molar-refractivity contribution in [1.29, 1.82) is 0 Å². The van der Waals surface area contributed by atoms with Crippen molar-refractivity contribution >= 4 is 28.1 Å². The Balaban J connectivity index is 1.50. The number of hydrogen-bond acceptors (Lipinski definition) is 5. The maximum absolute atomic E-state index is 15.2. The molecule has 0 bridgehead atoms. The minimum Gasteiger partial charge on any atom is -0.374 e. The lowest BCUT2D eigenvalue weighted by molar-refractivity contribution is 0.483. The molecule has 0 saturated carbocycles. The van der Waals surface area contributed by atoms with Gasteiger partial charge in [-0.2, -0.15) is 0 Å². The fraction of sp³-hybridized carbons (Fsp3) is 0.143. The van der Waals surface area contributed by atoms with E-state index in [1.165, 1.54) is 17.2 Å². The molecule has 5 rings (SSSR count). The minimum atomic E-state index is -0.416. The van der Waals surface area contributed by atoms with Crippen molar-refractivity contribution < 1.29 is 4.39 Å². The topological polar surface area (TPSA) is 58.0 Å². The van der Waals surface area contributed by atoms with E-state index in [4.69, 9.17) is 0 Å². The van der Waals surface area contributed by atoms with Gasteiger partial charge in [0, 0.05) is 24.9 Å². The quantitative estimate of drug-likeness (QED) is 0.333. The second kappa shape index (κ2) is 9.10. The maximum Gasteiger partial charge on any atom is 0.153 e. The summed E-state index contributed by atoms with van der Waals surface area (Å²) in [4.78, 5) is 2.12. The summed E-state index contributed by atoms with van der Waals surface area (Å²) in [7, 11) is 2.01. The Hall–Kier alpha value is -4.39. The Kier molecular flexibility index (Phi) is 5.82. The minimum absolute atomic E-state index is 0.227. The molecule has 0 amide bonds. The molecular weight excluding hydrogens is 439 g/mol. The number of rotatable bonds is 7. The number of nitrogens with zero attached hydrogens (tertiary/aromatic N) is 4. The van der Waals surface area contributed by atoms with Crippen LogP contribution in [0.15, 0.2) is 85.7 Å². The third-order valence-electron chi connectivity index (χ3n) is 6.29. The lowest BCUT2D eigenvalue weighted by atomic mass is 10.0. The largest absolute Gasteiger partial charge is 0.374 e. The molecule has 0 fully saturated rings. The average molecular weight is 467 g/mol. The van der Waals surface area contributed by atoms with Crippen molar-refractivity contribution in [2.45, 2.75) is 13.3 Å². The standard InChI is InChI=1S/C28H27FN6/c1-5-8-26(34(4)14-13-20-10-7-6-9-18(20)2)21-15-23(29)28-27(16-21)35(33-32-28)22-11-12-24-25(17-22)31-19(3)30-24/h5-12,15-17,30-31H,1,3,13-14H2,2,4H3/b26-8-. The highest BCUT2D eigenvalue weighted by atomic mass is 19.1. The number of allylic oxidation sites excluding steroid dienone is 2. The van der Waals surface area contributed by atoms with Crippen LogP contribution in [-0.4, -0.2) is 33.5 Å². The third kappa shape index (κ3) is 4.28. The number of aryl methyl sites for hydroxylation is 1. The smallest absolute Gasteiger partial charge is 0.153 e. The van der Waals surface area contributed by atoms with Gasteiger partial charge in [-0.15, -0.1) is 5.10 Å². The molecule has 0 spiro atoms. The number of fused-ring (bicyclic) bond motifs is 2. The van der Waals surface area contributed by atoms with Gasteiger partial charge in [0.25, 0.3) is 0 Å². The van der Waals surface area contributed by atoms with Gasteiger partial charge in [-0.1, -0.05) is 48.7 Å². The van der Waals surface area contributed by atoms with E-state index in [-0.39, 0.29) is 5.52 Å². The first-order valence-electron chi connectivity index (χ1n) is 11.5. The van der Waals surface area contributed by atoms with Crippen LogP contribution in [0.1, 0.15) is 16.7 Å². The summed E-state index contributed by atoms with van der Waals surface area (Å²) < 4.78 is 16.8. The van der Waals surface area contributed by atoms with Gasteiger partial charge in [-0.05, 0) is 60.9 Å². The van der Waals surface area contributed by atoms with Crippen molar-refractivity contribution in [2.24, 2.45) is 0 Å². The number of nitrogens with one attached hydrogen (secondary N) is 2. The molecule has 176 valence electrons. The van der Waals surface area contributed by atoms with Crippen LogP contribution < -0.4 is 10.6 Å². The molecule has 1 aromatic heterocycles. The first-order valence-corrected chi connectivity index (χ1v) is 11.5. The fourth-order valence-electron chi connectivity index (χ4n) is 4.41. The predicted molar refractivity (Wildman–Crippen MR) is 141 cm³/mol. The third-order valence-corrected chi connectivity index (χ3v) is 6.29. The zero-order chi connectivity index (χ0) is 24.5. The van der Waals surface area contributed by atoms with Crippen LogP contribution >= 0.6 is 0 Å². The first kappa shape index (κ1) is 22.4. The molecule has 0 saturated heterocycles. The van der Waals surface area contributed by atoms with Gasteiger partial charge < -0.3 is 15.5 Å². The van der Waals surface area contributed by atoms with Crippen LogP contribution in [0.2, 0.25) is 0 Å². The van der Waals surface area contributed by atoms with E-state index in [0.717, 1.165) is 41.3 Å². The summed E-state index contributed by atoms with van der Waals surface area (Å²) >= 11 is 0. The highest BCUT2D eigenvalue weighted by Gasteiger charge is 2.18. The Morgan fingerprint density at radius 2 is 1.91 bits per heavy atom. The first-order chi connectivity index (χ1) is 16.9. The van der Waals surface area contributed by atoms with Crippen molar-refractivity contribution in [3.8, 4) is 5.69 Å². The molecule has 6 nitrogen and oxygen atoms in total. The van der Waals surface area contributed by atoms with Crippen LogP contribution in [0.25, 0.3) is 22.4 Å². The van der Waals surface area contributed by atoms with Gasteiger partial charge in [-0.25, -0.2) is 9.07 Å². The van der Waals surface area contributed by atoms with E-state index in [1.54, 1.807) is 10.8 Å². The van der Waals surface area contributed by atoms with Gasteiger partial charge in [0.1, 0.15) is 11.3 Å². The van der Waals surface area contributed by atoms with Gasteiger partial charge in [0.05, 0.1) is 22.6 Å². The summed E-state index contributed by atoms with van der Waals surface area (Å²) in [6.45, 7) is 10.7. The number of aromatic nitrogens is 3. The van der Waals surface area contributed by atoms with Crippen LogP contribution in [0.3, 0.4) is 0 Å². The lowest BCUT2D eigenvalue weighted by Crippen LogP contribution is -2.20. The molecule has 0 aliphatic carbocycles. The average Bonchev–Trinajstić information content (AvgIpc) is 3.44. The van der Waals surface area contributed by atoms with Crippen LogP contribution in [0.4, 0.5) is 15.8 Å². The van der Waals surface area contributed by atoms with Gasteiger partial charge in [0.15, 0.2) is 5.82 Å². The van der Waals surface area contributed by atoms with Crippen LogP contribution in [0.5, 0.6) is 0 Å². The second-order valence-electron chi connectivity index (χ2n) is 8.67. The van der Waals surface area contributed by atoms with E-state index in [2.05, 4.69) is 64.1 Å². The fourth-order valence-corrected chi connectivity index (χ4v) is 4.41. The van der Waals surface area contributed by atoms with E-state index in [1.807, 2.05) is 43.5 Å². The zero-order valence-corrected chi connectivity index (χ0v) is 19.8. The second-order valence-corrected chi connectivity index (χ2v) is 8.67. The molecule has 0 unspecified atom stereocenters. The number of benzene rings is 3. The van der Waals surface area contributed by atoms with Crippen molar-refractivity contribution in [2.75, 3.05) is 24.2 Å². The van der Waals surface area contributed by atoms with Crippen molar-refractivity contribution in [3.05, 3.63) is 108 Å². The Labute approximate surface area is 204 Å². The SMILES string of the molecule is C=C/C=C(/c1cc(F)c2nnn(-c3ccc4c(c3)NC(=C)N4)c2c1)N(C)CCc1ccccc1C. The Morgan fingerprint density at radius 3 is 2.71 bits per heavy atom. The van der Waals surface area contributed by atoms with E-state index in [9.17, 15) is 0 Å². The van der Waals surface area contributed by atoms with E-state index in [0.29, 0.717) is 11.3 Å². The molecule has 7 heteroatoms. The monoisotopic (exact) mass is 466 g/mol. The zero-order valence-electron chi connectivity index (χ0n) is 19.8. The molecular formula is C28H27FN6. The molecule has 2 heterocycles. The van der Waals surface area contributed by atoms with Gasteiger partial charge >= 0.3 is 0 Å². The molecule has 0 radical (unpaired) electrons. The molecule has 0 atom stereocenters. The lowest BCUT2D eigenvalue weighted by Gasteiger charge is -2.23. The number of anilines is 2. The molecule has 4 aromatic rings. The van der Waals surface area contributed by atoms with Crippen molar-refractivity contribution in [1.82, 2.24) is 19.9 Å². The van der Waals surface area contributed by atoms with E-state index >= 15 is 4.39 Å². The molecule has 1 aliphatic heterocycles. The Morgan fingerprint density at radius 1 is 1.11 bits per heavy atom. The highest BCUT2D eigenvalue weighted by molar-refractivity contribution is 5.84. The summed E-state index contributed by atoms with van der Waals surface area (Å²) in [5.74, 6) is 0.294. The van der Waals surface area contributed by atoms with Crippen molar-refractivity contribution in [3.63, 3.8) is 0 Å². The Bertz CT molecular complexity index is 1480. The van der Waals surface area contributed by atoms with E-state index < -0.39 is 5.82 Å². The summed E-state index contributed by atoms with van der Waals surface area (Å²) in [6.07, 6.45) is 4.51. The maximum atomic E-state index is 15.2. The van der Waals surface area contributed by atoms with Gasteiger partial charge in [-0.3, -0.25) is 0 Å². The number of halogens is 1. The number of likely N-dealkylation sites (N-methyl/N-ethyl adjacent to an activating group) is 1. The summed E-state index contributed by atoms with van der Waals surface area (Å²) in [6, 6.07) is 17.6. The molecule has 2 N–H and O–H groups in total. The normalized spacial score (nSPS) is 12.9. The number of hydrogen-bond donors (Lipinski definition) is 2. The highest BCUT2D eigenvalue weighted by Crippen LogP contribution is 2.33. The van der Waals surface area contributed by atoms with Gasteiger partial charge in [0.2, 0.25) is 0 Å². The van der Waals surface area contributed by atoms with Crippen LogP contribution in [0, 0.1) is 12.7 Å². The molecule has 1 aliphatic rings. The predicted octanol–water partition coefficient (Wildman–Crippen LogP) is 5.88. The molecule has 3 aromatic carbocycles. The molecule has 35 heavy (non-hydrogen) atoms. The van der Waals surface area contributed by atoms with Crippen LogP contribution in [-0.2, 0) is 6.42 Å². The summed E-state index contributed by atoms with van der Waals surface area (Å²) in [5, 5.41) is 14.7. The summed E-state index contributed by atoms with van der Waals surface area (Å²) in [5.41, 5.74) is 7.57.